The van der Waals surface area contributed by atoms with Crippen LogP contribution in [-0.2, 0) is 6.54 Å². The van der Waals surface area contributed by atoms with E-state index >= 15 is 0 Å². The first-order chi connectivity index (χ1) is 16.7. The molecule has 7 nitrogen and oxygen atoms in total. The molecule has 0 atom stereocenters. The van der Waals surface area contributed by atoms with Crippen LogP contribution in [0.15, 0.2) is 72.2 Å². The summed E-state index contributed by atoms with van der Waals surface area (Å²) in [6, 6.07) is 16.5. The van der Waals surface area contributed by atoms with Crippen molar-refractivity contribution in [2.75, 3.05) is 26.9 Å². The van der Waals surface area contributed by atoms with Crippen LogP contribution in [0, 0.1) is 0 Å². The van der Waals surface area contributed by atoms with Crippen molar-refractivity contribution in [2.24, 2.45) is 0 Å². The van der Waals surface area contributed by atoms with Gasteiger partial charge in [-0.2, -0.15) is 0 Å². The standard InChI is InChI=1S/C28H28N4O3/c1-17(2)23-16-32(15-19-8-6-11-25(30-19)28(34)31(3)4)27(33)21-13-12-18(14-22(21)23)20-9-7-10-24(29)26(20)35-5/h6-14,16H,1,15,29H2,2-5H3. The third-order valence-corrected chi connectivity index (χ3v) is 5.87. The minimum Gasteiger partial charge on any atom is -0.494 e. The fourth-order valence-corrected chi connectivity index (χ4v) is 4.12. The Morgan fingerprint density at radius 1 is 1.11 bits per heavy atom. The van der Waals surface area contributed by atoms with Crippen LogP contribution in [0.3, 0.4) is 0 Å². The molecule has 4 rings (SSSR count). The van der Waals surface area contributed by atoms with Crippen LogP contribution in [0.2, 0.25) is 0 Å². The van der Waals surface area contributed by atoms with E-state index in [1.165, 1.54) is 4.90 Å². The maximum absolute atomic E-state index is 13.4. The van der Waals surface area contributed by atoms with Crippen LogP contribution in [-0.4, -0.2) is 41.6 Å². The average molecular weight is 469 g/mol. The van der Waals surface area contributed by atoms with E-state index in [0.29, 0.717) is 28.2 Å². The second kappa shape index (κ2) is 9.46. The van der Waals surface area contributed by atoms with E-state index in [2.05, 4.69) is 11.6 Å². The summed E-state index contributed by atoms with van der Waals surface area (Å²) < 4.78 is 7.14. The highest BCUT2D eigenvalue weighted by Crippen LogP contribution is 2.36. The number of para-hydroxylation sites is 1. The van der Waals surface area contributed by atoms with Crippen LogP contribution >= 0.6 is 0 Å². The van der Waals surface area contributed by atoms with Gasteiger partial charge in [0.05, 0.1) is 25.0 Å². The summed E-state index contributed by atoms with van der Waals surface area (Å²) >= 11 is 0. The molecule has 2 aromatic carbocycles. The lowest BCUT2D eigenvalue weighted by molar-refractivity contribution is 0.0821. The molecule has 0 aliphatic heterocycles. The maximum Gasteiger partial charge on any atom is 0.271 e. The van der Waals surface area contributed by atoms with Gasteiger partial charge in [0, 0.05) is 36.8 Å². The predicted molar refractivity (Wildman–Crippen MR) is 141 cm³/mol. The first kappa shape index (κ1) is 23.8. The third kappa shape index (κ3) is 4.53. The summed E-state index contributed by atoms with van der Waals surface area (Å²) in [6.45, 7) is 6.27. The summed E-state index contributed by atoms with van der Waals surface area (Å²) in [6.07, 6.45) is 1.80. The van der Waals surface area contributed by atoms with Gasteiger partial charge in [-0.05, 0) is 53.8 Å². The largest absolute Gasteiger partial charge is 0.494 e. The van der Waals surface area contributed by atoms with Gasteiger partial charge in [0.15, 0.2) is 0 Å². The Balaban J connectivity index is 1.84. The van der Waals surface area contributed by atoms with Gasteiger partial charge in [0.1, 0.15) is 11.4 Å². The first-order valence-electron chi connectivity index (χ1n) is 11.1. The molecule has 2 heterocycles. The number of nitrogen functional groups attached to an aromatic ring is 1. The second-order valence-corrected chi connectivity index (χ2v) is 8.66. The van der Waals surface area contributed by atoms with Gasteiger partial charge in [-0.1, -0.05) is 30.8 Å². The number of methoxy groups -OCH3 is 1. The SMILES string of the molecule is C=C(C)c1cn(Cc2cccc(C(=O)N(C)C)n2)c(=O)c2ccc(-c3cccc(N)c3OC)cc12. The van der Waals surface area contributed by atoms with Gasteiger partial charge in [-0.3, -0.25) is 9.59 Å². The number of hydrogen-bond donors (Lipinski definition) is 1. The number of fused-ring (bicyclic) bond motifs is 1. The summed E-state index contributed by atoms with van der Waals surface area (Å²) in [5, 5.41) is 1.36. The summed E-state index contributed by atoms with van der Waals surface area (Å²) in [5.74, 6) is 0.403. The lowest BCUT2D eigenvalue weighted by Crippen LogP contribution is -2.24. The molecule has 0 saturated heterocycles. The van der Waals surface area contributed by atoms with Gasteiger partial charge in [-0.25, -0.2) is 4.98 Å². The zero-order valence-corrected chi connectivity index (χ0v) is 20.3. The number of hydrogen-bond acceptors (Lipinski definition) is 5. The number of allylic oxidation sites excluding steroid dienone is 1. The third-order valence-electron chi connectivity index (χ3n) is 5.87. The molecule has 0 aliphatic carbocycles. The van der Waals surface area contributed by atoms with Crippen LogP contribution in [0.5, 0.6) is 5.75 Å². The number of benzene rings is 2. The number of aromatic nitrogens is 2. The van der Waals surface area contributed by atoms with Gasteiger partial charge in [-0.15, -0.1) is 0 Å². The Kier molecular flexibility index (Phi) is 6.42. The molecule has 0 fully saturated rings. The molecule has 0 saturated carbocycles. The number of amides is 1. The number of rotatable bonds is 6. The average Bonchev–Trinajstić information content (AvgIpc) is 2.84. The zero-order valence-electron chi connectivity index (χ0n) is 20.3. The molecule has 7 heteroatoms. The monoisotopic (exact) mass is 468 g/mol. The Morgan fingerprint density at radius 2 is 1.86 bits per heavy atom. The summed E-state index contributed by atoms with van der Waals surface area (Å²) in [5.41, 5.74) is 10.9. The van der Waals surface area contributed by atoms with Crippen molar-refractivity contribution in [3.8, 4) is 16.9 Å². The molecular formula is C28H28N4O3. The fraction of sp³-hybridized carbons (Fsp3) is 0.179. The van der Waals surface area contributed by atoms with Gasteiger partial charge >= 0.3 is 0 Å². The van der Waals surface area contributed by atoms with E-state index in [1.807, 2.05) is 37.3 Å². The number of nitrogens with two attached hydrogens (primary N) is 1. The lowest BCUT2D eigenvalue weighted by Gasteiger charge is -2.15. The van der Waals surface area contributed by atoms with Crippen LogP contribution in [0.1, 0.15) is 28.7 Å². The van der Waals surface area contributed by atoms with E-state index in [4.69, 9.17) is 10.5 Å². The zero-order chi connectivity index (χ0) is 25.3. The van der Waals surface area contributed by atoms with Crippen molar-refractivity contribution in [2.45, 2.75) is 13.5 Å². The molecule has 35 heavy (non-hydrogen) atoms. The quantitative estimate of drug-likeness (QED) is 0.423. The Morgan fingerprint density at radius 3 is 2.54 bits per heavy atom. The highest BCUT2D eigenvalue weighted by atomic mass is 16.5. The van der Waals surface area contributed by atoms with Gasteiger partial charge in [0.2, 0.25) is 0 Å². The van der Waals surface area contributed by atoms with Crippen LogP contribution < -0.4 is 16.0 Å². The Labute approximate surface area is 204 Å². The van der Waals surface area contributed by atoms with Crippen molar-refractivity contribution in [1.29, 1.82) is 0 Å². The summed E-state index contributed by atoms with van der Waals surface area (Å²) in [4.78, 5) is 31.7. The fourth-order valence-electron chi connectivity index (χ4n) is 4.12. The van der Waals surface area contributed by atoms with Crippen molar-refractivity contribution in [1.82, 2.24) is 14.5 Å². The number of ether oxygens (including phenoxy) is 1. The number of carbonyl (C=O) groups is 1. The van der Waals surface area contributed by atoms with Crippen molar-refractivity contribution < 1.29 is 9.53 Å². The molecule has 0 spiro atoms. The van der Waals surface area contributed by atoms with Crippen molar-refractivity contribution in [3.05, 3.63) is 94.7 Å². The number of anilines is 1. The molecule has 178 valence electrons. The van der Waals surface area contributed by atoms with Gasteiger partial charge < -0.3 is 19.9 Å². The van der Waals surface area contributed by atoms with E-state index < -0.39 is 0 Å². The van der Waals surface area contributed by atoms with Crippen molar-refractivity contribution >= 4 is 27.9 Å². The molecule has 4 aromatic rings. The first-order valence-corrected chi connectivity index (χ1v) is 11.1. The van der Waals surface area contributed by atoms with Gasteiger partial charge in [0.25, 0.3) is 11.5 Å². The lowest BCUT2D eigenvalue weighted by atomic mass is 9.96. The van der Waals surface area contributed by atoms with Crippen molar-refractivity contribution in [3.63, 3.8) is 0 Å². The molecule has 0 unspecified atom stereocenters. The molecule has 2 aromatic heterocycles. The second-order valence-electron chi connectivity index (χ2n) is 8.66. The highest BCUT2D eigenvalue weighted by molar-refractivity contribution is 5.96. The molecule has 0 bridgehead atoms. The Bertz CT molecular complexity index is 1520. The molecule has 0 radical (unpaired) electrons. The van der Waals surface area contributed by atoms with Crippen LogP contribution in [0.25, 0.3) is 27.5 Å². The minimum absolute atomic E-state index is 0.151. The van der Waals surface area contributed by atoms with E-state index in [9.17, 15) is 9.59 Å². The topological polar surface area (TPSA) is 90.5 Å². The molecular weight excluding hydrogens is 440 g/mol. The number of nitrogens with zero attached hydrogens (tertiary/aromatic N) is 3. The summed E-state index contributed by atoms with van der Waals surface area (Å²) in [7, 11) is 4.94. The predicted octanol–water partition coefficient (Wildman–Crippen LogP) is 4.44. The van der Waals surface area contributed by atoms with Crippen LogP contribution in [0.4, 0.5) is 5.69 Å². The number of carbonyl (C=O) groups excluding carboxylic acids is 1. The maximum atomic E-state index is 13.4. The van der Waals surface area contributed by atoms with E-state index in [1.54, 1.807) is 56.2 Å². The smallest absolute Gasteiger partial charge is 0.271 e. The highest BCUT2D eigenvalue weighted by Gasteiger charge is 2.15. The van der Waals surface area contributed by atoms with E-state index in [0.717, 1.165) is 27.6 Å². The molecule has 0 aliphatic rings. The number of pyridine rings is 2. The van der Waals surface area contributed by atoms with E-state index in [-0.39, 0.29) is 18.0 Å². The molecule has 2 N–H and O–H groups in total. The Hall–Kier alpha value is -4.39. The minimum atomic E-state index is -0.190. The normalized spacial score (nSPS) is 10.9. The molecule has 1 amide bonds.